The summed E-state index contributed by atoms with van der Waals surface area (Å²) in [7, 11) is 0. The second kappa shape index (κ2) is 13.3. The van der Waals surface area contributed by atoms with Crippen molar-refractivity contribution in [3.8, 4) is 5.75 Å². The molecule has 8 heteroatoms. The highest BCUT2D eigenvalue weighted by molar-refractivity contribution is 7.07. The molecule has 4 aromatic rings. The van der Waals surface area contributed by atoms with E-state index < -0.39 is 12.0 Å². The number of hydrogen-bond acceptors (Lipinski definition) is 7. The number of allylic oxidation sites excluding steroid dienone is 1. The molecule has 222 valence electrons. The predicted molar refractivity (Wildman–Crippen MR) is 172 cm³/mol. The summed E-state index contributed by atoms with van der Waals surface area (Å²) in [5, 5.41) is 0. The van der Waals surface area contributed by atoms with Gasteiger partial charge < -0.3 is 14.4 Å². The number of benzene rings is 3. The van der Waals surface area contributed by atoms with Crippen molar-refractivity contribution >= 4 is 29.1 Å². The summed E-state index contributed by atoms with van der Waals surface area (Å²) in [6, 6.07) is 23.3. The first kappa shape index (κ1) is 30.0. The van der Waals surface area contributed by atoms with Crippen molar-refractivity contribution in [1.29, 1.82) is 0 Å². The maximum atomic E-state index is 14.1. The molecule has 1 aromatic heterocycles. The Kier molecular flexibility index (Phi) is 9.26. The first-order valence-electron chi connectivity index (χ1n) is 14.7. The summed E-state index contributed by atoms with van der Waals surface area (Å²) in [4.78, 5) is 34.8. The molecule has 0 radical (unpaired) electrons. The molecule has 7 nitrogen and oxygen atoms in total. The molecule has 0 fully saturated rings. The van der Waals surface area contributed by atoms with Gasteiger partial charge in [-0.3, -0.25) is 9.36 Å². The number of ether oxygens (including phenoxy) is 2. The van der Waals surface area contributed by atoms with E-state index >= 15 is 0 Å². The number of hydrogen-bond donors (Lipinski definition) is 0. The van der Waals surface area contributed by atoms with E-state index in [1.807, 2.05) is 79.7 Å². The van der Waals surface area contributed by atoms with Crippen LogP contribution in [0.3, 0.4) is 0 Å². The number of anilines is 1. The van der Waals surface area contributed by atoms with Crippen LogP contribution in [0.25, 0.3) is 6.08 Å². The lowest BCUT2D eigenvalue weighted by molar-refractivity contribution is -0.139. The molecule has 3 aromatic carbocycles. The van der Waals surface area contributed by atoms with Gasteiger partial charge in [0.2, 0.25) is 0 Å². The van der Waals surface area contributed by atoms with Gasteiger partial charge in [0.15, 0.2) is 4.80 Å². The molecular formula is C35H37N3O4S. The third kappa shape index (κ3) is 6.34. The molecule has 1 aliphatic heterocycles. The summed E-state index contributed by atoms with van der Waals surface area (Å²) >= 11 is 1.31. The number of carbonyl (C=O) groups is 1. The van der Waals surface area contributed by atoms with Crippen LogP contribution in [0.4, 0.5) is 5.69 Å². The van der Waals surface area contributed by atoms with Gasteiger partial charge in [0.05, 0.1) is 28.5 Å². The SMILES string of the molecule is CCOC(=O)C1=C(C)N=c2s/c(=C\c3ccc(N(CC)CC)cc3OCc3ccccc3)c(=O)n2[C@@H]1c1ccc(C)cc1. The number of thiazole rings is 1. The lowest BCUT2D eigenvalue weighted by atomic mass is 9.95. The van der Waals surface area contributed by atoms with Gasteiger partial charge in [-0.15, -0.1) is 0 Å². The molecule has 0 unspecified atom stereocenters. The molecule has 2 heterocycles. The summed E-state index contributed by atoms with van der Waals surface area (Å²) in [5.74, 6) is 0.227. The van der Waals surface area contributed by atoms with Gasteiger partial charge in [0.25, 0.3) is 5.56 Å². The van der Waals surface area contributed by atoms with Crippen molar-refractivity contribution in [2.45, 2.75) is 47.3 Å². The van der Waals surface area contributed by atoms with Crippen LogP contribution < -0.4 is 24.5 Å². The van der Waals surface area contributed by atoms with Crippen LogP contribution in [-0.2, 0) is 16.1 Å². The number of aromatic nitrogens is 1. The fraction of sp³-hybridized carbons (Fsp3) is 0.286. The summed E-state index contributed by atoms with van der Waals surface area (Å²) < 4.78 is 13.9. The van der Waals surface area contributed by atoms with Crippen molar-refractivity contribution in [3.05, 3.63) is 126 Å². The average molecular weight is 596 g/mol. The lowest BCUT2D eigenvalue weighted by Crippen LogP contribution is -2.39. The fourth-order valence-corrected chi connectivity index (χ4v) is 6.32. The standard InChI is InChI=1S/C35H37N3O4S/c1-6-37(7-2)28-19-18-27(29(21-28)42-22-25-12-10-9-11-13-25)20-30-33(39)38-32(26-16-14-23(4)15-17-26)31(34(40)41-8-3)24(5)36-35(38)43-30/h9-21,32H,6-8,22H2,1-5H3/b30-20-/t32-/m1/s1. The highest BCUT2D eigenvalue weighted by Crippen LogP contribution is 2.31. The molecule has 0 spiro atoms. The second-order valence-electron chi connectivity index (χ2n) is 10.4. The normalized spacial score (nSPS) is 14.7. The van der Waals surface area contributed by atoms with Gasteiger partial charge in [-0.25, -0.2) is 9.79 Å². The Hall–Kier alpha value is -4.43. The number of aryl methyl sites for hydroxylation is 1. The summed E-state index contributed by atoms with van der Waals surface area (Å²) in [5.41, 5.74) is 5.53. The minimum atomic E-state index is -0.642. The highest BCUT2D eigenvalue weighted by atomic mass is 32.1. The fourth-order valence-electron chi connectivity index (χ4n) is 5.28. The van der Waals surface area contributed by atoms with Crippen LogP contribution in [0, 0.1) is 6.92 Å². The topological polar surface area (TPSA) is 73.1 Å². The van der Waals surface area contributed by atoms with Crippen LogP contribution in [0.15, 0.2) is 93.9 Å². The summed E-state index contributed by atoms with van der Waals surface area (Å²) in [6.07, 6.45) is 1.87. The summed E-state index contributed by atoms with van der Waals surface area (Å²) in [6.45, 7) is 12.2. The van der Waals surface area contributed by atoms with E-state index in [0.29, 0.717) is 33.0 Å². The predicted octanol–water partition coefficient (Wildman–Crippen LogP) is 5.53. The van der Waals surface area contributed by atoms with Gasteiger partial charge in [-0.05, 0) is 64.0 Å². The zero-order valence-electron chi connectivity index (χ0n) is 25.3. The van der Waals surface area contributed by atoms with Gasteiger partial charge in [0, 0.05) is 30.4 Å². The molecule has 0 saturated carbocycles. The Morgan fingerprint density at radius 2 is 1.72 bits per heavy atom. The maximum absolute atomic E-state index is 14.1. The molecular weight excluding hydrogens is 558 g/mol. The largest absolute Gasteiger partial charge is 0.488 e. The van der Waals surface area contributed by atoms with Crippen LogP contribution >= 0.6 is 11.3 Å². The van der Waals surface area contributed by atoms with E-state index in [4.69, 9.17) is 14.5 Å². The first-order chi connectivity index (χ1) is 20.8. The molecule has 0 N–H and O–H groups in total. The number of fused-ring (bicyclic) bond motifs is 1. The van der Waals surface area contributed by atoms with E-state index in [-0.39, 0.29) is 12.2 Å². The number of nitrogens with zero attached hydrogens (tertiary/aromatic N) is 3. The Bertz CT molecular complexity index is 1820. The van der Waals surface area contributed by atoms with Crippen molar-refractivity contribution in [2.75, 3.05) is 24.6 Å². The van der Waals surface area contributed by atoms with Gasteiger partial charge in [0.1, 0.15) is 12.4 Å². The second-order valence-corrected chi connectivity index (χ2v) is 11.4. The third-order valence-electron chi connectivity index (χ3n) is 7.56. The Morgan fingerprint density at radius 1 is 1.00 bits per heavy atom. The van der Waals surface area contributed by atoms with Crippen LogP contribution in [0.5, 0.6) is 5.75 Å². The Morgan fingerprint density at radius 3 is 2.40 bits per heavy atom. The smallest absolute Gasteiger partial charge is 0.338 e. The molecule has 1 atom stereocenters. The average Bonchev–Trinajstić information content (AvgIpc) is 3.31. The van der Waals surface area contributed by atoms with Crippen molar-refractivity contribution in [3.63, 3.8) is 0 Å². The van der Waals surface area contributed by atoms with Gasteiger partial charge >= 0.3 is 5.97 Å². The zero-order valence-corrected chi connectivity index (χ0v) is 26.1. The van der Waals surface area contributed by atoms with E-state index in [9.17, 15) is 9.59 Å². The Balaban J connectivity index is 1.64. The van der Waals surface area contributed by atoms with Crippen LogP contribution in [0.1, 0.15) is 56.0 Å². The lowest BCUT2D eigenvalue weighted by Gasteiger charge is -2.24. The number of carbonyl (C=O) groups excluding carboxylic acids is 1. The number of esters is 1. The number of rotatable bonds is 10. The van der Waals surface area contributed by atoms with Crippen LogP contribution in [-0.4, -0.2) is 30.2 Å². The zero-order chi connectivity index (χ0) is 30.5. The molecule has 5 rings (SSSR count). The monoisotopic (exact) mass is 595 g/mol. The Labute approximate surface area is 256 Å². The molecule has 0 aliphatic carbocycles. The molecule has 0 bridgehead atoms. The van der Waals surface area contributed by atoms with Gasteiger partial charge in [-0.1, -0.05) is 71.5 Å². The third-order valence-corrected chi connectivity index (χ3v) is 8.54. The maximum Gasteiger partial charge on any atom is 0.338 e. The molecule has 1 aliphatic rings. The first-order valence-corrected chi connectivity index (χ1v) is 15.5. The quantitative estimate of drug-likeness (QED) is 0.226. The van der Waals surface area contributed by atoms with E-state index in [1.165, 1.54) is 11.3 Å². The minimum Gasteiger partial charge on any atom is -0.488 e. The van der Waals surface area contributed by atoms with Gasteiger partial charge in [-0.2, -0.15) is 0 Å². The van der Waals surface area contributed by atoms with Crippen molar-refractivity contribution < 1.29 is 14.3 Å². The molecule has 43 heavy (non-hydrogen) atoms. The van der Waals surface area contributed by atoms with E-state index in [1.54, 1.807) is 18.4 Å². The van der Waals surface area contributed by atoms with Crippen molar-refractivity contribution in [1.82, 2.24) is 4.57 Å². The molecule has 0 amide bonds. The van der Waals surface area contributed by atoms with Crippen LogP contribution in [0.2, 0.25) is 0 Å². The minimum absolute atomic E-state index is 0.217. The molecule has 0 saturated heterocycles. The van der Waals surface area contributed by atoms with E-state index in [0.717, 1.165) is 41.0 Å². The van der Waals surface area contributed by atoms with Crippen molar-refractivity contribution in [2.24, 2.45) is 4.99 Å². The highest BCUT2D eigenvalue weighted by Gasteiger charge is 2.33. The van der Waals surface area contributed by atoms with E-state index in [2.05, 4.69) is 24.8 Å².